The van der Waals surface area contributed by atoms with Gasteiger partial charge >= 0.3 is 0 Å². The maximum Gasteiger partial charge on any atom is 0.267 e. The maximum absolute atomic E-state index is 12.1. The van der Waals surface area contributed by atoms with Gasteiger partial charge in [0.15, 0.2) is 0 Å². The average Bonchev–Trinajstić information content (AvgIpc) is 3.27. The molecule has 1 fully saturated rings. The van der Waals surface area contributed by atoms with Gasteiger partial charge < -0.3 is 4.90 Å². The van der Waals surface area contributed by atoms with E-state index in [9.17, 15) is 4.79 Å². The lowest BCUT2D eigenvalue weighted by Gasteiger charge is -2.20. The molecule has 3 aliphatic rings. The summed E-state index contributed by atoms with van der Waals surface area (Å²) in [6, 6.07) is 3.96. The SMILES string of the molecule is CN(c1ccc(=O)n(CC2=CC3=NCNN3C=C2)n1)C1CC1. The molecule has 2 aliphatic heterocycles. The number of allylic oxidation sites excluding steroid dienone is 2. The maximum atomic E-state index is 12.1. The topological polar surface area (TPSA) is 65.8 Å². The third kappa shape index (κ3) is 2.43. The Morgan fingerprint density at radius 1 is 1.41 bits per heavy atom. The van der Waals surface area contributed by atoms with Crippen LogP contribution in [0.25, 0.3) is 0 Å². The Hall–Kier alpha value is -2.41. The Morgan fingerprint density at radius 2 is 2.27 bits per heavy atom. The third-order valence-electron chi connectivity index (χ3n) is 4.12. The summed E-state index contributed by atoms with van der Waals surface area (Å²) in [5.74, 6) is 1.72. The summed E-state index contributed by atoms with van der Waals surface area (Å²) in [5, 5.41) is 6.37. The molecule has 22 heavy (non-hydrogen) atoms. The number of aliphatic imine (C=N–C) groups is 1. The highest BCUT2D eigenvalue weighted by Crippen LogP contribution is 2.28. The first-order chi connectivity index (χ1) is 10.7. The van der Waals surface area contributed by atoms with E-state index in [0.29, 0.717) is 19.3 Å². The van der Waals surface area contributed by atoms with E-state index in [4.69, 9.17) is 0 Å². The van der Waals surface area contributed by atoms with Gasteiger partial charge in [0.2, 0.25) is 0 Å². The zero-order valence-electron chi connectivity index (χ0n) is 12.4. The molecule has 0 spiro atoms. The summed E-state index contributed by atoms with van der Waals surface area (Å²) < 4.78 is 1.52. The molecule has 0 unspecified atom stereocenters. The minimum absolute atomic E-state index is 0.0869. The van der Waals surface area contributed by atoms with E-state index in [1.54, 1.807) is 12.1 Å². The number of rotatable bonds is 4. The molecule has 3 heterocycles. The lowest BCUT2D eigenvalue weighted by Crippen LogP contribution is -2.33. The number of hydrazine groups is 1. The van der Waals surface area contributed by atoms with Crippen molar-refractivity contribution in [1.29, 1.82) is 0 Å². The van der Waals surface area contributed by atoms with E-state index >= 15 is 0 Å². The largest absolute Gasteiger partial charge is 0.355 e. The number of aromatic nitrogens is 2. The third-order valence-corrected chi connectivity index (χ3v) is 4.12. The first-order valence-corrected chi connectivity index (χ1v) is 7.48. The number of fused-ring (bicyclic) bond motifs is 1. The lowest BCUT2D eigenvalue weighted by atomic mass is 10.2. The molecule has 0 saturated heterocycles. The first kappa shape index (κ1) is 13.3. The second-order valence-corrected chi connectivity index (χ2v) is 5.77. The van der Waals surface area contributed by atoms with Crippen LogP contribution in [0.1, 0.15) is 12.8 Å². The molecule has 1 saturated carbocycles. The normalized spacial score (nSPS) is 19.8. The highest BCUT2D eigenvalue weighted by Gasteiger charge is 2.27. The minimum atomic E-state index is -0.0869. The quantitative estimate of drug-likeness (QED) is 0.875. The van der Waals surface area contributed by atoms with Gasteiger partial charge in [-0.1, -0.05) is 0 Å². The van der Waals surface area contributed by atoms with E-state index in [-0.39, 0.29) is 5.56 Å². The number of anilines is 1. The van der Waals surface area contributed by atoms with Crippen LogP contribution in [0.15, 0.2) is 45.8 Å². The molecule has 0 radical (unpaired) electrons. The van der Waals surface area contributed by atoms with Crippen molar-refractivity contribution in [2.45, 2.75) is 25.4 Å². The summed E-state index contributed by atoms with van der Waals surface area (Å²) in [5.41, 5.74) is 4.03. The van der Waals surface area contributed by atoms with E-state index in [1.807, 2.05) is 30.4 Å². The van der Waals surface area contributed by atoms with Crippen LogP contribution in [0.5, 0.6) is 0 Å². The smallest absolute Gasteiger partial charge is 0.267 e. The molecular formula is C15H18N6O. The average molecular weight is 298 g/mol. The highest BCUT2D eigenvalue weighted by atomic mass is 16.1. The van der Waals surface area contributed by atoms with Crippen LogP contribution < -0.4 is 15.9 Å². The van der Waals surface area contributed by atoms with Crippen LogP contribution in [0.4, 0.5) is 5.82 Å². The van der Waals surface area contributed by atoms with Crippen molar-refractivity contribution in [3.8, 4) is 0 Å². The number of nitrogens with zero attached hydrogens (tertiary/aromatic N) is 5. The fourth-order valence-electron chi connectivity index (χ4n) is 2.64. The molecule has 4 rings (SSSR count). The Morgan fingerprint density at radius 3 is 3.09 bits per heavy atom. The van der Waals surface area contributed by atoms with Crippen molar-refractivity contribution in [2.75, 3.05) is 18.6 Å². The van der Waals surface area contributed by atoms with Crippen LogP contribution in [0.2, 0.25) is 0 Å². The van der Waals surface area contributed by atoms with Gasteiger partial charge in [-0.25, -0.2) is 15.1 Å². The lowest BCUT2D eigenvalue weighted by molar-refractivity contribution is 0.450. The van der Waals surface area contributed by atoms with Crippen molar-refractivity contribution in [3.05, 3.63) is 46.4 Å². The zero-order chi connectivity index (χ0) is 15.1. The van der Waals surface area contributed by atoms with E-state index in [1.165, 1.54) is 17.5 Å². The molecule has 0 amide bonds. The second-order valence-electron chi connectivity index (χ2n) is 5.77. The molecule has 1 aromatic heterocycles. The van der Waals surface area contributed by atoms with Crippen molar-refractivity contribution < 1.29 is 0 Å². The van der Waals surface area contributed by atoms with Crippen LogP contribution in [-0.2, 0) is 6.54 Å². The minimum Gasteiger partial charge on any atom is -0.355 e. The van der Waals surface area contributed by atoms with Crippen molar-refractivity contribution in [1.82, 2.24) is 20.2 Å². The molecule has 0 bridgehead atoms. The van der Waals surface area contributed by atoms with E-state index in [2.05, 4.69) is 20.4 Å². The first-order valence-electron chi connectivity index (χ1n) is 7.48. The van der Waals surface area contributed by atoms with Gasteiger partial charge in [0.25, 0.3) is 5.56 Å². The van der Waals surface area contributed by atoms with Gasteiger partial charge in [-0.3, -0.25) is 9.80 Å². The van der Waals surface area contributed by atoms with Crippen molar-refractivity contribution in [3.63, 3.8) is 0 Å². The van der Waals surface area contributed by atoms with Gasteiger partial charge in [-0.15, -0.1) is 0 Å². The number of hydrogen-bond acceptors (Lipinski definition) is 6. The van der Waals surface area contributed by atoms with Gasteiger partial charge in [0.05, 0.1) is 6.54 Å². The molecule has 0 atom stereocenters. The predicted molar refractivity (Wildman–Crippen MR) is 84.4 cm³/mol. The van der Waals surface area contributed by atoms with Gasteiger partial charge in [0, 0.05) is 25.4 Å². The fraction of sp³-hybridized carbons (Fsp3) is 0.400. The van der Waals surface area contributed by atoms with Gasteiger partial charge in [0.1, 0.15) is 18.3 Å². The van der Waals surface area contributed by atoms with Crippen molar-refractivity contribution in [2.24, 2.45) is 4.99 Å². The fourth-order valence-corrected chi connectivity index (χ4v) is 2.64. The summed E-state index contributed by atoms with van der Waals surface area (Å²) >= 11 is 0. The van der Waals surface area contributed by atoms with Crippen LogP contribution in [0.3, 0.4) is 0 Å². The predicted octanol–water partition coefficient (Wildman–Crippen LogP) is 0.472. The number of hydrogen-bond donors (Lipinski definition) is 1. The molecule has 0 aromatic carbocycles. The number of nitrogens with one attached hydrogen (secondary N) is 1. The molecule has 1 N–H and O–H groups in total. The molecule has 7 nitrogen and oxygen atoms in total. The van der Waals surface area contributed by atoms with E-state index < -0.39 is 0 Å². The van der Waals surface area contributed by atoms with E-state index in [0.717, 1.165) is 17.2 Å². The van der Waals surface area contributed by atoms with Crippen molar-refractivity contribution >= 4 is 11.7 Å². The highest BCUT2D eigenvalue weighted by molar-refractivity contribution is 5.96. The molecule has 1 aliphatic carbocycles. The van der Waals surface area contributed by atoms with Crippen LogP contribution >= 0.6 is 0 Å². The monoisotopic (exact) mass is 298 g/mol. The summed E-state index contributed by atoms with van der Waals surface area (Å²) in [6.07, 6.45) is 8.28. The standard InChI is InChI=1S/C15H18N6O/c1-19(12-2-3-12)13-4-5-15(22)21(18-13)9-11-6-7-20-14(8-11)16-10-17-20/h4-8,12,17H,2-3,9-10H2,1H3. The second kappa shape index (κ2) is 5.10. The van der Waals surface area contributed by atoms with Gasteiger partial charge in [-0.2, -0.15) is 5.10 Å². The Balaban J connectivity index is 1.58. The molecule has 7 heteroatoms. The number of amidine groups is 1. The summed E-state index contributed by atoms with van der Waals surface area (Å²) in [4.78, 5) is 18.5. The Labute approximate surface area is 128 Å². The zero-order valence-corrected chi connectivity index (χ0v) is 12.4. The Kier molecular flexibility index (Phi) is 3.07. The Bertz CT molecular complexity index is 743. The molecular weight excluding hydrogens is 280 g/mol. The summed E-state index contributed by atoms with van der Waals surface area (Å²) in [7, 11) is 2.03. The summed E-state index contributed by atoms with van der Waals surface area (Å²) in [6.45, 7) is 1.04. The van der Waals surface area contributed by atoms with Crippen LogP contribution in [0, 0.1) is 0 Å². The van der Waals surface area contributed by atoms with Gasteiger partial charge in [-0.05, 0) is 36.6 Å². The molecule has 1 aromatic rings. The van der Waals surface area contributed by atoms with Crippen LogP contribution in [-0.4, -0.2) is 40.4 Å². The molecule has 114 valence electrons.